The summed E-state index contributed by atoms with van der Waals surface area (Å²) >= 11 is 3.62. The van der Waals surface area contributed by atoms with E-state index in [4.69, 9.17) is 9.47 Å². The number of nitrogens with two attached hydrogens (primary N) is 1. The van der Waals surface area contributed by atoms with Crippen LogP contribution in [-0.4, -0.2) is 19.8 Å². The van der Waals surface area contributed by atoms with Crippen LogP contribution in [0, 0.1) is 0 Å². The lowest BCUT2D eigenvalue weighted by atomic mass is 10.2. The van der Waals surface area contributed by atoms with Gasteiger partial charge in [-0.15, -0.1) is 0 Å². The monoisotopic (exact) mass is 330 g/mol. The van der Waals surface area contributed by atoms with Crippen molar-refractivity contribution >= 4 is 15.9 Å². The molecule has 0 aromatic heterocycles. The molecule has 2 N–H and O–H groups in total. The first-order chi connectivity index (χ1) is 9.22. The molecule has 0 atom stereocenters. The van der Waals surface area contributed by atoms with E-state index in [-0.39, 0.29) is 0 Å². The second-order valence-electron chi connectivity index (χ2n) is 4.45. The van der Waals surface area contributed by atoms with Gasteiger partial charge in [-0.1, -0.05) is 29.8 Å². The third-order valence-electron chi connectivity index (χ3n) is 2.73. The van der Waals surface area contributed by atoms with Gasteiger partial charge in [0.1, 0.15) is 6.54 Å². The highest BCUT2D eigenvalue weighted by Crippen LogP contribution is 2.33. The molecule has 0 radical (unpaired) electrons. The number of hydrogen-bond donors (Lipinski definition) is 1. The molecule has 0 aliphatic heterocycles. The summed E-state index contributed by atoms with van der Waals surface area (Å²) in [7, 11) is 0. The van der Waals surface area contributed by atoms with Gasteiger partial charge in [0.2, 0.25) is 0 Å². The van der Waals surface area contributed by atoms with Gasteiger partial charge in [-0.05, 0) is 31.9 Å². The Morgan fingerprint density at radius 1 is 1.05 bits per heavy atom. The summed E-state index contributed by atoms with van der Waals surface area (Å²) in [6.07, 6.45) is 2.18. The number of quaternary nitrogens is 1. The molecule has 0 unspecified atom stereocenters. The van der Waals surface area contributed by atoms with E-state index in [0.29, 0.717) is 13.2 Å². The first-order valence-electron chi connectivity index (χ1n) is 7.12. The summed E-state index contributed by atoms with van der Waals surface area (Å²) in [6, 6.07) is 4.11. The normalized spacial score (nSPS) is 10.5. The maximum Gasteiger partial charge on any atom is 0.162 e. The van der Waals surface area contributed by atoms with Gasteiger partial charge in [0.25, 0.3) is 0 Å². The van der Waals surface area contributed by atoms with Gasteiger partial charge in [-0.2, -0.15) is 0 Å². The predicted octanol–water partition coefficient (Wildman–Crippen LogP) is 3.11. The Morgan fingerprint density at radius 2 is 1.79 bits per heavy atom. The summed E-state index contributed by atoms with van der Waals surface area (Å²) in [5.74, 6) is 1.67. The summed E-state index contributed by atoms with van der Waals surface area (Å²) in [5, 5.41) is 2.31. The smallest absolute Gasteiger partial charge is 0.162 e. The van der Waals surface area contributed by atoms with Gasteiger partial charge in [0.05, 0.1) is 19.8 Å². The first kappa shape index (κ1) is 16.3. The van der Waals surface area contributed by atoms with Gasteiger partial charge in [-0.25, -0.2) is 0 Å². The predicted molar refractivity (Wildman–Crippen MR) is 81.9 cm³/mol. The largest absolute Gasteiger partial charge is 0.490 e. The van der Waals surface area contributed by atoms with Crippen molar-refractivity contribution in [3.63, 3.8) is 0 Å². The third kappa shape index (κ3) is 5.41. The summed E-state index contributed by atoms with van der Waals surface area (Å²) < 4.78 is 12.5. The van der Waals surface area contributed by atoms with Crippen molar-refractivity contribution in [3.05, 3.63) is 22.2 Å². The Morgan fingerprint density at radius 3 is 2.42 bits per heavy atom. The van der Waals surface area contributed by atoms with Crippen molar-refractivity contribution in [2.75, 3.05) is 19.8 Å². The summed E-state index contributed by atoms with van der Waals surface area (Å²) in [6.45, 7) is 9.76. The van der Waals surface area contributed by atoms with Crippen LogP contribution in [0.15, 0.2) is 16.6 Å². The van der Waals surface area contributed by atoms with Crippen LogP contribution in [0.5, 0.6) is 11.5 Å². The van der Waals surface area contributed by atoms with Gasteiger partial charge in [-0.3, -0.25) is 0 Å². The molecule has 0 saturated carbocycles. The van der Waals surface area contributed by atoms with Gasteiger partial charge >= 0.3 is 0 Å². The molecule has 3 nitrogen and oxygen atoms in total. The fraction of sp³-hybridized carbons (Fsp3) is 0.600. The van der Waals surface area contributed by atoms with E-state index in [9.17, 15) is 0 Å². The van der Waals surface area contributed by atoms with Crippen LogP contribution < -0.4 is 14.8 Å². The fourth-order valence-electron chi connectivity index (χ4n) is 1.79. The number of halogens is 1. The van der Waals surface area contributed by atoms with E-state index < -0.39 is 0 Å². The maximum absolute atomic E-state index is 5.74. The Bertz CT molecular complexity index is 383. The SMILES string of the molecule is CCC[NH2+]Cc1cc(OCC)c(OCCC)cc1Br. The van der Waals surface area contributed by atoms with Crippen molar-refractivity contribution in [1.29, 1.82) is 0 Å². The average molecular weight is 331 g/mol. The van der Waals surface area contributed by atoms with E-state index >= 15 is 0 Å². The minimum absolute atomic E-state index is 0.655. The molecule has 4 heteroatoms. The molecule has 1 aromatic rings. The maximum atomic E-state index is 5.74. The highest BCUT2D eigenvalue weighted by Gasteiger charge is 2.11. The zero-order valence-electron chi connectivity index (χ0n) is 12.2. The zero-order chi connectivity index (χ0) is 14.1. The molecule has 0 aliphatic rings. The van der Waals surface area contributed by atoms with Crippen LogP contribution in [0.1, 0.15) is 39.2 Å². The minimum Gasteiger partial charge on any atom is -0.490 e. The fourth-order valence-corrected chi connectivity index (χ4v) is 2.27. The lowest BCUT2D eigenvalue weighted by Crippen LogP contribution is -2.82. The lowest BCUT2D eigenvalue weighted by Gasteiger charge is -2.14. The minimum atomic E-state index is 0.655. The second-order valence-corrected chi connectivity index (χ2v) is 5.31. The molecule has 0 fully saturated rings. The average Bonchev–Trinajstić information content (AvgIpc) is 2.40. The molecule has 0 aliphatic carbocycles. The van der Waals surface area contributed by atoms with Crippen LogP contribution >= 0.6 is 15.9 Å². The van der Waals surface area contributed by atoms with Crippen LogP contribution in [0.2, 0.25) is 0 Å². The molecule has 0 heterocycles. The first-order valence-corrected chi connectivity index (χ1v) is 7.91. The van der Waals surface area contributed by atoms with E-state index in [1.807, 2.05) is 13.0 Å². The van der Waals surface area contributed by atoms with Crippen molar-refractivity contribution in [2.45, 2.75) is 40.2 Å². The Labute approximate surface area is 124 Å². The van der Waals surface area contributed by atoms with Crippen molar-refractivity contribution in [3.8, 4) is 11.5 Å². The standard InChI is InChI=1S/C15H24BrNO2/c1-4-7-17-11-12-9-14(18-6-3)15(10-13(12)16)19-8-5-2/h9-10,17H,4-8,11H2,1-3H3/p+1. The molecule has 1 rings (SSSR count). The zero-order valence-corrected chi connectivity index (χ0v) is 13.8. The van der Waals surface area contributed by atoms with Crippen LogP contribution in [0.25, 0.3) is 0 Å². The number of hydrogen-bond acceptors (Lipinski definition) is 2. The lowest BCUT2D eigenvalue weighted by molar-refractivity contribution is -0.670. The second kappa shape index (κ2) is 9.21. The Hall–Kier alpha value is -0.740. The van der Waals surface area contributed by atoms with Gasteiger partial charge in [0.15, 0.2) is 11.5 Å². The van der Waals surface area contributed by atoms with Gasteiger partial charge in [0, 0.05) is 10.0 Å². The van der Waals surface area contributed by atoms with Crippen LogP contribution in [-0.2, 0) is 6.54 Å². The molecule has 19 heavy (non-hydrogen) atoms. The molecule has 0 amide bonds. The topological polar surface area (TPSA) is 35.1 Å². The van der Waals surface area contributed by atoms with Crippen molar-refractivity contribution in [2.24, 2.45) is 0 Å². The molecule has 108 valence electrons. The van der Waals surface area contributed by atoms with Crippen molar-refractivity contribution in [1.82, 2.24) is 0 Å². The quantitative estimate of drug-likeness (QED) is 0.706. The molecule has 0 saturated heterocycles. The van der Waals surface area contributed by atoms with Crippen LogP contribution in [0.3, 0.4) is 0 Å². The Balaban J connectivity index is 2.85. The van der Waals surface area contributed by atoms with Gasteiger partial charge < -0.3 is 14.8 Å². The molecule has 0 spiro atoms. The van der Waals surface area contributed by atoms with E-state index in [2.05, 4.69) is 41.2 Å². The highest BCUT2D eigenvalue weighted by atomic mass is 79.9. The van der Waals surface area contributed by atoms with E-state index in [1.54, 1.807) is 0 Å². The summed E-state index contributed by atoms with van der Waals surface area (Å²) in [5.41, 5.74) is 1.25. The molecule has 1 aromatic carbocycles. The third-order valence-corrected chi connectivity index (χ3v) is 3.47. The summed E-state index contributed by atoms with van der Waals surface area (Å²) in [4.78, 5) is 0. The molecular formula is C15H25BrNO2+. The van der Waals surface area contributed by atoms with E-state index in [1.165, 1.54) is 12.0 Å². The number of ether oxygens (including phenoxy) is 2. The molecular weight excluding hydrogens is 306 g/mol. The number of rotatable bonds is 9. The molecule has 0 bridgehead atoms. The Kier molecular flexibility index (Phi) is 7.91. The van der Waals surface area contributed by atoms with E-state index in [0.717, 1.165) is 35.5 Å². The highest BCUT2D eigenvalue weighted by molar-refractivity contribution is 9.10. The number of benzene rings is 1. The van der Waals surface area contributed by atoms with Crippen LogP contribution in [0.4, 0.5) is 0 Å². The van der Waals surface area contributed by atoms with Crippen molar-refractivity contribution < 1.29 is 14.8 Å².